The Kier molecular flexibility index (Phi) is 5.64. The number of nitrogens with zero attached hydrogens (tertiary/aromatic N) is 3. The molecule has 1 amide bonds. The fraction of sp³-hybridized carbons (Fsp3) is 0.429. The molecule has 0 bridgehead atoms. The number of likely N-dealkylation sites (tertiary alicyclic amines) is 1. The maximum Gasteiger partial charge on any atom is 0.257 e. The summed E-state index contributed by atoms with van der Waals surface area (Å²) in [5.41, 5.74) is 1.78. The van der Waals surface area contributed by atoms with E-state index >= 15 is 0 Å². The first-order valence-corrected chi connectivity index (χ1v) is 10.6. The Morgan fingerprint density at radius 3 is 2.79 bits per heavy atom. The van der Waals surface area contributed by atoms with Crippen LogP contribution in [0.15, 0.2) is 40.8 Å². The van der Waals surface area contributed by atoms with Gasteiger partial charge in [-0.2, -0.15) is 5.10 Å². The Bertz CT molecular complexity index is 860. The number of benzene rings is 1. The number of piperidine rings is 1. The molecule has 1 fully saturated rings. The van der Waals surface area contributed by atoms with Gasteiger partial charge in [0.15, 0.2) is 11.5 Å². The van der Waals surface area contributed by atoms with Gasteiger partial charge in [0.2, 0.25) is 0 Å². The SMILES string of the molecule is COc1ccc(C2CC(c3cccs3)=NN2C(=O)CN2CCCCC2)cc1O. The highest BCUT2D eigenvalue weighted by atomic mass is 32.1. The van der Waals surface area contributed by atoms with Gasteiger partial charge in [0.25, 0.3) is 5.91 Å². The molecular weight excluding hydrogens is 374 g/mol. The first-order chi connectivity index (χ1) is 13.7. The first kappa shape index (κ1) is 19.0. The van der Waals surface area contributed by atoms with Crippen LogP contribution in [0.2, 0.25) is 0 Å². The molecule has 0 spiro atoms. The topological polar surface area (TPSA) is 65.4 Å². The van der Waals surface area contributed by atoms with E-state index in [1.54, 1.807) is 28.5 Å². The molecule has 1 aromatic heterocycles. The van der Waals surface area contributed by atoms with Crippen molar-refractivity contribution in [1.82, 2.24) is 9.91 Å². The molecule has 2 aromatic rings. The van der Waals surface area contributed by atoms with Crippen molar-refractivity contribution in [2.24, 2.45) is 5.10 Å². The monoisotopic (exact) mass is 399 g/mol. The number of ether oxygens (including phenoxy) is 1. The highest BCUT2D eigenvalue weighted by Gasteiger charge is 2.34. The van der Waals surface area contributed by atoms with Crippen molar-refractivity contribution in [2.45, 2.75) is 31.7 Å². The van der Waals surface area contributed by atoms with Crippen molar-refractivity contribution in [3.05, 3.63) is 46.2 Å². The molecule has 7 heteroatoms. The minimum Gasteiger partial charge on any atom is -0.504 e. The van der Waals surface area contributed by atoms with Crippen LogP contribution in [0.4, 0.5) is 0 Å². The third-order valence-corrected chi connectivity index (χ3v) is 6.29. The summed E-state index contributed by atoms with van der Waals surface area (Å²) in [6.07, 6.45) is 4.17. The molecule has 2 aliphatic rings. The Balaban J connectivity index is 1.60. The van der Waals surface area contributed by atoms with Crippen LogP contribution in [0.25, 0.3) is 0 Å². The van der Waals surface area contributed by atoms with Crippen molar-refractivity contribution >= 4 is 23.0 Å². The molecule has 1 N–H and O–H groups in total. The summed E-state index contributed by atoms with van der Waals surface area (Å²) in [7, 11) is 1.52. The predicted molar refractivity (Wildman–Crippen MR) is 110 cm³/mol. The molecule has 1 unspecified atom stereocenters. The van der Waals surface area contributed by atoms with Gasteiger partial charge in [0.05, 0.1) is 30.3 Å². The van der Waals surface area contributed by atoms with Gasteiger partial charge in [-0.25, -0.2) is 5.01 Å². The van der Waals surface area contributed by atoms with Gasteiger partial charge in [-0.1, -0.05) is 18.6 Å². The van der Waals surface area contributed by atoms with Crippen LogP contribution in [0.5, 0.6) is 11.5 Å². The van der Waals surface area contributed by atoms with Gasteiger partial charge in [-0.3, -0.25) is 9.69 Å². The molecule has 28 heavy (non-hydrogen) atoms. The first-order valence-electron chi connectivity index (χ1n) is 9.68. The lowest BCUT2D eigenvalue weighted by molar-refractivity contribution is -0.134. The normalized spacial score (nSPS) is 20.2. The molecule has 1 saturated heterocycles. The summed E-state index contributed by atoms with van der Waals surface area (Å²) in [5.74, 6) is 0.508. The highest BCUT2D eigenvalue weighted by molar-refractivity contribution is 7.12. The molecule has 0 saturated carbocycles. The van der Waals surface area contributed by atoms with Gasteiger partial charge in [0, 0.05) is 6.42 Å². The second-order valence-electron chi connectivity index (χ2n) is 7.25. The van der Waals surface area contributed by atoms with Crippen LogP contribution < -0.4 is 4.74 Å². The van der Waals surface area contributed by atoms with Crippen molar-refractivity contribution < 1.29 is 14.6 Å². The third-order valence-electron chi connectivity index (χ3n) is 5.37. The summed E-state index contributed by atoms with van der Waals surface area (Å²) in [6, 6.07) is 9.13. The molecule has 4 rings (SSSR count). The molecular formula is C21H25N3O3S. The maximum absolute atomic E-state index is 13.1. The van der Waals surface area contributed by atoms with Crippen molar-refractivity contribution in [1.29, 1.82) is 0 Å². The number of carbonyl (C=O) groups is 1. The van der Waals surface area contributed by atoms with Gasteiger partial charge in [-0.05, 0) is 55.1 Å². The summed E-state index contributed by atoms with van der Waals surface area (Å²) < 4.78 is 5.15. The van der Waals surface area contributed by atoms with Gasteiger partial charge in [-0.15, -0.1) is 11.3 Å². The minimum absolute atomic E-state index is 0.00811. The van der Waals surface area contributed by atoms with E-state index < -0.39 is 0 Å². The molecule has 1 aromatic carbocycles. The second-order valence-corrected chi connectivity index (χ2v) is 8.20. The van der Waals surface area contributed by atoms with E-state index in [1.165, 1.54) is 13.5 Å². The van der Waals surface area contributed by atoms with Crippen LogP contribution in [0, 0.1) is 0 Å². The number of hydrogen-bond acceptors (Lipinski definition) is 6. The Labute approximate surface area is 169 Å². The third kappa shape index (κ3) is 3.91. The van der Waals surface area contributed by atoms with Crippen LogP contribution >= 0.6 is 11.3 Å². The number of phenolic OH excluding ortho intramolecular Hbond substituents is 1. The van der Waals surface area contributed by atoms with Gasteiger partial charge >= 0.3 is 0 Å². The smallest absolute Gasteiger partial charge is 0.257 e. The number of carbonyl (C=O) groups excluding carboxylic acids is 1. The van der Waals surface area contributed by atoms with Crippen molar-refractivity contribution in [2.75, 3.05) is 26.7 Å². The zero-order chi connectivity index (χ0) is 19.5. The van der Waals surface area contributed by atoms with E-state index in [2.05, 4.69) is 4.90 Å². The molecule has 6 nitrogen and oxygen atoms in total. The molecule has 0 radical (unpaired) electrons. The molecule has 1 atom stereocenters. The Morgan fingerprint density at radius 1 is 1.29 bits per heavy atom. The zero-order valence-corrected chi connectivity index (χ0v) is 16.8. The second kappa shape index (κ2) is 8.32. The fourth-order valence-corrected chi connectivity index (χ4v) is 4.61. The lowest BCUT2D eigenvalue weighted by Gasteiger charge is -2.29. The summed E-state index contributed by atoms with van der Waals surface area (Å²) in [6.45, 7) is 2.32. The van der Waals surface area contributed by atoms with E-state index in [4.69, 9.17) is 9.84 Å². The van der Waals surface area contributed by atoms with Crippen LogP contribution in [-0.4, -0.2) is 53.4 Å². The van der Waals surface area contributed by atoms with Crippen molar-refractivity contribution in [3.63, 3.8) is 0 Å². The Hall–Kier alpha value is -2.38. The van der Waals surface area contributed by atoms with Crippen molar-refractivity contribution in [3.8, 4) is 11.5 Å². The molecule has 2 aliphatic heterocycles. The van der Waals surface area contributed by atoms with Gasteiger partial charge < -0.3 is 9.84 Å². The van der Waals surface area contributed by atoms with Crippen LogP contribution in [-0.2, 0) is 4.79 Å². The fourth-order valence-electron chi connectivity index (χ4n) is 3.89. The number of phenols is 1. The van der Waals surface area contributed by atoms with E-state index in [1.807, 2.05) is 23.6 Å². The lowest BCUT2D eigenvalue weighted by Crippen LogP contribution is -2.40. The molecule has 3 heterocycles. The standard InChI is InChI=1S/C21H25N3O3S/c1-27-19-8-7-15(12-18(19)25)17-13-16(20-6-5-11-28-20)22-24(17)21(26)14-23-9-3-2-4-10-23/h5-8,11-12,17,25H,2-4,9-10,13-14H2,1H3. The van der Waals surface area contributed by atoms with E-state index in [0.717, 1.165) is 42.1 Å². The van der Waals surface area contributed by atoms with E-state index in [9.17, 15) is 9.90 Å². The number of aromatic hydroxyl groups is 1. The molecule has 0 aliphatic carbocycles. The van der Waals surface area contributed by atoms with Crippen LogP contribution in [0.1, 0.15) is 42.2 Å². The quantitative estimate of drug-likeness (QED) is 0.834. The van der Waals surface area contributed by atoms with E-state index in [0.29, 0.717) is 18.7 Å². The molecule has 148 valence electrons. The highest BCUT2D eigenvalue weighted by Crippen LogP contribution is 2.37. The lowest BCUT2D eigenvalue weighted by atomic mass is 10.0. The largest absolute Gasteiger partial charge is 0.504 e. The minimum atomic E-state index is -0.216. The number of hydrazone groups is 1. The van der Waals surface area contributed by atoms with Gasteiger partial charge in [0.1, 0.15) is 0 Å². The summed E-state index contributed by atoms with van der Waals surface area (Å²) in [4.78, 5) is 16.4. The number of thiophene rings is 1. The van der Waals surface area contributed by atoms with Crippen LogP contribution in [0.3, 0.4) is 0 Å². The number of methoxy groups -OCH3 is 1. The maximum atomic E-state index is 13.1. The number of amides is 1. The average molecular weight is 400 g/mol. The summed E-state index contributed by atoms with van der Waals surface area (Å²) >= 11 is 1.63. The Morgan fingerprint density at radius 2 is 2.11 bits per heavy atom. The predicted octanol–water partition coefficient (Wildman–Crippen LogP) is 3.63. The summed E-state index contributed by atoms with van der Waals surface area (Å²) in [5, 5.41) is 18.5. The zero-order valence-electron chi connectivity index (χ0n) is 16.0. The number of rotatable bonds is 5. The average Bonchev–Trinajstić information content (AvgIpc) is 3.38. The number of hydrogen-bond donors (Lipinski definition) is 1. The van der Waals surface area contributed by atoms with E-state index in [-0.39, 0.29) is 17.7 Å².